The molecule has 1 amide bonds. The van der Waals surface area contributed by atoms with Crippen molar-refractivity contribution in [2.45, 2.75) is 68.5 Å². The summed E-state index contributed by atoms with van der Waals surface area (Å²) in [6, 6.07) is 4.89. The molecule has 2 aliphatic heterocycles. The molecule has 1 spiro atoms. The topological polar surface area (TPSA) is 106 Å². The molecule has 3 fully saturated rings. The van der Waals surface area contributed by atoms with Crippen LogP contribution in [0.25, 0.3) is 0 Å². The molecular weight excluding hydrogens is 431 g/mol. The minimum atomic E-state index is -0.973. The highest BCUT2D eigenvalue weighted by Crippen LogP contribution is 2.39. The minimum absolute atomic E-state index is 0.00526. The summed E-state index contributed by atoms with van der Waals surface area (Å²) in [6.07, 6.45) is 5.16. The molecule has 0 aromatic heterocycles. The van der Waals surface area contributed by atoms with Crippen LogP contribution in [0.15, 0.2) is 18.2 Å². The molecule has 182 valence electrons. The van der Waals surface area contributed by atoms with Gasteiger partial charge in [-0.2, -0.15) is 0 Å². The number of hydrogen-bond donors (Lipinski definition) is 3. The van der Waals surface area contributed by atoms with E-state index < -0.39 is 17.3 Å². The molecular formula is C24H33FN2O6. The van der Waals surface area contributed by atoms with Gasteiger partial charge < -0.3 is 30.0 Å². The number of morpholine rings is 1. The predicted molar refractivity (Wildman–Crippen MR) is 118 cm³/mol. The maximum absolute atomic E-state index is 14.4. The van der Waals surface area contributed by atoms with Gasteiger partial charge in [0.1, 0.15) is 6.61 Å². The van der Waals surface area contributed by atoms with Crippen molar-refractivity contribution in [2.75, 3.05) is 33.0 Å². The third kappa shape index (κ3) is 5.83. The highest BCUT2D eigenvalue weighted by atomic mass is 19.1. The first-order chi connectivity index (χ1) is 16.0. The zero-order chi connectivity index (χ0) is 23.3. The van der Waals surface area contributed by atoms with Gasteiger partial charge in [-0.3, -0.25) is 9.59 Å². The summed E-state index contributed by atoms with van der Waals surface area (Å²) in [4.78, 5) is 22.7. The second-order valence-electron chi connectivity index (χ2n) is 9.26. The SMILES string of the molecule is O=C(O)CCOc1c(F)cccc1C1CCC(OCC2NCCCC23COCC(=O)N3)CC1. The van der Waals surface area contributed by atoms with Crippen LogP contribution >= 0.6 is 0 Å². The third-order valence-corrected chi connectivity index (χ3v) is 7.01. The molecule has 1 aromatic carbocycles. The van der Waals surface area contributed by atoms with Crippen LogP contribution in [0.3, 0.4) is 0 Å². The molecule has 1 saturated carbocycles. The number of carboxylic acid groups (broad SMARTS) is 1. The molecule has 2 saturated heterocycles. The summed E-state index contributed by atoms with van der Waals surface area (Å²) in [5, 5.41) is 15.5. The molecule has 2 atom stereocenters. The van der Waals surface area contributed by atoms with Crippen LogP contribution in [0, 0.1) is 5.82 Å². The third-order valence-electron chi connectivity index (χ3n) is 7.01. The van der Waals surface area contributed by atoms with Crippen molar-refractivity contribution in [3.63, 3.8) is 0 Å². The van der Waals surface area contributed by atoms with E-state index in [9.17, 15) is 14.0 Å². The number of carbonyl (C=O) groups excluding carboxylic acids is 1. The average molecular weight is 465 g/mol. The number of rotatable bonds is 8. The monoisotopic (exact) mass is 464 g/mol. The number of hydrogen-bond acceptors (Lipinski definition) is 6. The maximum atomic E-state index is 14.4. The number of ether oxygens (including phenoxy) is 3. The van der Waals surface area contributed by atoms with E-state index in [-0.39, 0.29) is 49.4 Å². The lowest BCUT2D eigenvalue weighted by Gasteiger charge is -2.47. The molecule has 1 aliphatic carbocycles. The molecule has 33 heavy (non-hydrogen) atoms. The van der Waals surface area contributed by atoms with Crippen molar-refractivity contribution in [3.05, 3.63) is 29.6 Å². The standard InChI is InChI=1S/C24H33FN2O6/c25-19-4-1-3-18(23(19)32-12-9-22(29)30)16-5-7-17(8-6-16)33-13-20-24(10-2-11-26-20)15-31-14-21(28)27-24/h1,3-4,16-17,20,26H,2,5-15H2,(H,27,28)(H,29,30). The second-order valence-corrected chi connectivity index (χ2v) is 9.26. The lowest BCUT2D eigenvalue weighted by molar-refractivity contribution is -0.139. The van der Waals surface area contributed by atoms with E-state index >= 15 is 0 Å². The van der Waals surface area contributed by atoms with E-state index in [1.54, 1.807) is 6.07 Å². The molecule has 0 bridgehead atoms. The van der Waals surface area contributed by atoms with Crippen molar-refractivity contribution in [1.29, 1.82) is 0 Å². The van der Waals surface area contributed by atoms with Crippen LogP contribution in [-0.2, 0) is 19.1 Å². The van der Waals surface area contributed by atoms with Crippen molar-refractivity contribution in [1.82, 2.24) is 10.6 Å². The second kappa shape index (κ2) is 10.8. The van der Waals surface area contributed by atoms with Gasteiger partial charge in [-0.25, -0.2) is 4.39 Å². The molecule has 8 nitrogen and oxygen atoms in total. The fraction of sp³-hybridized carbons (Fsp3) is 0.667. The number of benzene rings is 1. The number of amides is 1. The first kappa shape index (κ1) is 23.9. The van der Waals surface area contributed by atoms with Crippen molar-refractivity contribution >= 4 is 11.9 Å². The van der Waals surface area contributed by atoms with E-state index in [0.717, 1.165) is 50.6 Å². The lowest BCUT2D eigenvalue weighted by atomic mass is 9.81. The molecule has 4 rings (SSSR count). The summed E-state index contributed by atoms with van der Waals surface area (Å²) in [6.45, 7) is 1.95. The fourth-order valence-electron chi connectivity index (χ4n) is 5.28. The number of halogens is 1. The van der Waals surface area contributed by atoms with Gasteiger partial charge in [0.05, 0.1) is 43.9 Å². The molecule has 1 aromatic rings. The minimum Gasteiger partial charge on any atom is -0.490 e. The van der Waals surface area contributed by atoms with E-state index in [1.165, 1.54) is 6.07 Å². The molecule has 3 aliphatic rings. The van der Waals surface area contributed by atoms with Crippen LogP contribution < -0.4 is 15.4 Å². The summed E-state index contributed by atoms with van der Waals surface area (Å²) in [5.41, 5.74) is 0.392. The zero-order valence-corrected chi connectivity index (χ0v) is 18.8. The fourth-order valence-corrected chi connectivity index (χ4v) is 5.28. The quantitative estimate of drug-likeness (QED) is 0.542. The van der Waals surface area contributed by atoms with Crippen molar-refractivity contribution < 1.29 is 33.3 Å². The van der Waals surface area contributed by atoms with Gasteiger partial charge in [0.25, 0.3) is 0 Å². The Labute approximate surface area is 193 Å². The Morgan fingerprint density at radius 3 is 2.85 bits per heavy atom. The number of para-hydroxylation sites is 1. The highest BCUT2D eigenvalue weighted by Gasteiger charge is 2.45. The van der Waals surface area contributed by atoms with Crippen molar-refractivity contribution in [2.24, 2.45) is 0 Å². The van der Waals surface area contributed by atoms with Crippen LogP contribution in [0.2, 0.25) is 0 Å². The predicted octanol–water partition coefficient (Wildman–Crippen LogP) is 2.36. The molecule has 9 heteroatoms. The molecule has 2 heterocycles. The van der Waals surface area contributed by atoms with E-state index in [1.807, 2.05) is 6.07 Å². The van der Waals surface area contributed by atoms with Crippen LogP contribution in [-0.4, -0.2) is 67.6 Å². The first-order valence-corrected chi connectivity index (χ1v) is 11.8. The summed E-state index contributed by atoms with van der Waals surface area (Å²) in [7, 11) is 0. The number of piperidine rings is 1. The number of carboxylic acids is 1. The van der Waals surface area contributed by atoms with Crippen LogP contribution in [0.1, 0.15) is 56.4 Å². The Bertz CT molecular complexity index is 840. The molecule has 0 radical (unpaired) electrons. The van der Waals surface area contributed by atoms with Gasteiger partial charge in [-0.1, -0.05) is 12.1 Å². The van der Waals surface area contributed by atoms with Gasteiger partial charge in [0.2, 0.25) is 5.91 Å². The van der Waals surface area contributed by atoms with E-state index in [4.69, 9.17) is 19.3 Å². The molecule has 2 unspecified atom stereocenters. The Kier molecular flexibility index (Phi) is 7.82. The Morgan fingerprint density at radius 1 is 1.27 bits per heavy atom. The largest absolute Gasteiger partial charge is 0.490 e. The van der Waals surface area contributed by atoms with Gasteiger partial charge in [-0.05, 0) is 57.1 Å². The summed E-state index contributed by atoms with van der Waals surface area (Å²) in [5.74, 6) is -1.19. The number of nitrogens with one attached hydrogen (secondary N) is 2. The van der Waals surface area contributed by atoms with E-state index in [2.05, 4.69) is 10.6 Å². The normalized spacial score (nSPS) is 30.1. The van der Waals surface area contributed by atoms with Gasteiger partial charge in [0.15, 0.2) is 11.6 Å². The van der Waals surface area contributed by atoms with Crippen LogP contribution in [0.4, 0.5) is 4.39 Å². The average Bonchev–Trinajstić information content (AvgIpc) is 2.80. The summed E-state index contributed by atoms with van der Waals surface area (Å²) < 4.78 is 31.7. The number of carbonyl (C=O) groups is 2. The Balaban J connectivity index is 1.31. The number of aliphatic carboxylic acids is 1. The Morgan fingerprint density at radius 2 is 2.09 bits per heavy atom. The van der Waals surface area contributed by atoms with Gasteiger partial charge in [-0.15, -0.1) is 0 Å². The molecule has 3 N–H and O–H groups in total. The lowest BCUT2D eigenvalue weighted by Crippen LogP contribution is -2.70. The first-order valence-electron chi connectivity index (χ1n) is 11.8. The zero-order valence-electron chi connectivity index (χ0n) is 18.8. The summed E-state index contributed by atoms with van der Waals surface area (Å²) >= 11 is 0. The highest BCUT2D eigenvalue weighted by molar-refractivity contribution is 5.79. The van der Waals surface area contributed by atoms with Crippen molar-refractivity contribution in [3.8, 4) is 5.75 Å². The Hall–Kier alpha value is -2.23. The van der Waals surface area contributed by atoms with Gasteiger partial charge in [0, 0.05) is 5.56 Å². The van der Waals surface area contributed by atoms with Crippen LogP contribution in [0.5, 0.6) is 5.75 Å². The van der Waals surface area contributed by atoms with Gasteiger partial charge >= 0.3 is 5.97 Å². The van der Waals surface area contributed by atoms with E-state index in [0.29, 0.717) is 13.2 Å². The maximum Gasteiger partial charge on any atom is 0.306 e. The smallest absolute Gasteiger partial charge is 0.306 e.